The number of alkyl carbamates (subject to hydrolysis) is 1. The Hall–Kier alpha value is -3.35. The van der Waals surface area contributed by atoms with Crippen LogP contribution in [0.3, 0.4) is 0 Å². The van der Waals surface area contributed by atoms with E-state index in [1.165, 1.54) is 23.1 Å². The molecule has 0 saturated heterocycles. The minimum absolute atomic E-state index is 0.0117. The quantitative estimate of drug-likeness (QED) is 0.642. The molecule has 0 radical (unpaired) electrons. The summed E-state index contributed by atoms with van der Waals surface area (Å²) < 4.78 is 5.49. The molecule has 2 N–H and O–H groups in total. The maximum absolute atomic E-state index is 12.2. The molecule has 0 spiro atoms. The van der Waals surface area contributed by atoms with Crippen LogP contribution in [-0.2, 0) is 14.3 Å². The number of amides is 2. The van der Waals surface area contributed by atoms with E-state index in [0.717, 1.165) is 11.1 Å². The smallest absolute Gasteiger partial charge is 0.407 e. The van der Waals surface area contributed by atoms with Crippen molar-refractivity contribution in [3.8, 4) is 11.1 Å². The van der Waals surface area contributed by atoms with Crippen LogP contribution in [0.4, 0.5) is 4.79 Å². The van der Waals surface area contributed by atoms with Gasteiger partial charge in [-0.3, -0.25) is 9.59 Å². The summed E-state index contributed by atoms with van der Waals surface area (Å²) in [6, 6.07) is 16.3. The first-order valence-corrected chi connectivity index (χ1v) is 10.4. The van der Waals surface area contributed by atoms with E-state index in [9.17, 15) is 14.4 Å². The van der Waals surface area contributed by atoms with Crippen LogP contribution < -0.4 is 5.32 Å². The van der Waals surface area contributed by atoms with Gasteiger partial charge in [0.25, 0.3) is 0 Å². The number of carbonyl (C=O) groups is 3. The molecule has 1 unspecified atom stereocenters. The molecule has 1 atom stereocenters. The molecule has 2 amide bonds. The van der Waals surface area contributed by atoms with Crippen molar-refractivity contribution in [1.82, 2.24) is 10.2 Å². The standard InChI is InChI=1S/C24H28N2O5/c1-16(13-22(27)26(2)14-23(28)29)11-12-25-24(30)31-15-21-19-9-5-3-7-17(19)18-8-4-6-10-20(18)21/h3-10,16,21H,11-15H2,1-2H3,(H,25,30)(H,28,29). The highest BCUT2D eigenvalue weighted by molar-refractivity contribution is 5.81. The summed E-state index contributed by atoms with van der Waals surface area (Å²) in [7, 11) is 1.47. The van der Waals surface area contributed by atoms with E-state index in [-0.39, 0.29) is 37.3 Å². The number of ether oxygens (including phenoxy) is 1. The van der Waals surface area contributed by atoms with Crippen LogP contribution in [0.2, 0.25) is 0 Å². The molecular weight excluding hydrogens is 396 g/mol. The second-order valence-electron chi connectivity index (χ2n) is 7.99. The molecular formula is C24H28N2O5. The summed E-state index contributed by atoms with van der Waals surface area (Å²) in [5.74, 6) is -1.24. The Labute approximate surface area is 182 Å². The molecule has 31 heavy (non-hydrogen) atoms. The van der Waals surface area contributed by atoms with Crippen molar-refractivity contribution in [3.05, 3.63) is 59.7 Å². The monoisotopic (exact) mass is 424 g/mol. The van der Waals surface area contributed by atoms with Crippen molar-refractivity contribution in [2.45, 2.75) is 25.7 Å². The van der Waals surface area contributed by atoms with Gasteiger partial charge in [-0.05, 0) is 34.6 Å². The molecule has 1 aliphatic rings. The number of fused-ring (bicyclic) bond motifs is 3. The van der Waals surface area contributed by atoms with Crippen molar-refractivity contribution in [1.29, 1.82) is 0 Å². The SMILES string of the molecule is CC(CCNC(=O)OCC1c2ccccc2-c2ccccc21)CC(=O)N(C)CC(=O)O. The summed E-state index contributed by atoms with van der Waals surface area (Å²) in [5.41, 5.74) is 4.68. The average Bonchev–Trinajstić information content (AvgIpc) is 3.05. The molecule has 7 nitrogen and oxygen atoms in total. The molecule has 7 heteroatoms. The van der Waals surface area contributed by atoms with E-state index in [4.69, 9.17) is 9.84 Å². The number of carboxylic acid groups (broad SMARTS) is 1. The Kier molecular flexibility index (Phi) is 7.28. The molecule has 0 saturated carbocycles. The van der Waals surface area contributed by atoms with Crippen LogP contribution >= 0.6 is 0 Å². The molecule has 164 valence electrons. The number of nitrogens with zero attached hydrogens (tertiary/aromatic N) is 1. The van der Waals surface area contributed by atoms with Crippen molar-refractivity contribution in [2.75, 3.05) is 26.7 Å². The second kappa shape index (κ2) is 10.1. The van der Waals surface area contributed by atoms with Gasteiger partial charge in [0.15, 0.2) is 0 Å². The van der Waals surface area contributed by atoms with Gasteiger partial charge >= 0.3 is 12.1 Å². The highest BCUT2D eigenvalue weighted by Gasteiger charge is 2.29. The van der Waals surface area contributed by atoms with E-state index in [1.807, 2.05) is 31.2 Å². The van der Waals surface area contributed by atoms with E-state index in [0.29, 0.717) is 13.0 Å². The normalized spacial score (nSPS) is 13.1. The fourth-order valence-electron chi connectivity index (χ4n) is 3.92. The number of likely N-dealkylation sites (N-methyl/N-ethyl adjacent to an activating group) is 1. The number of carbonyl (C=O) groups excluding carboxylic acids is 2. The summed E-state index contributed by atoms with van der Waals surface area (Å²) in [5, 5.41) is 11.5. The highest BCUT2D eigenvalue weighted by atomic mass is 16.5. The van der Waals surface area contributed by atoms with Gasteiger partial charge in [0.1, 0.15) is 13.2 Å². The molecule has 2 aromatic carbocycles. The van der Waals surface area contributed by atoms with E-state index in [1.54, 1.807) is 0 Å². The van der Waals surface area contributed by atoms with Gasteiger partial charge in [0, 0.05) is 25.9 Å². The Morgan fingerprint density at radius 1 is 1.06 bits per heavy atom. The maximum Gasteiger partial charge on any atom is 0.407 e. The molecule has 0 aliphatic heterocycles. The molecule has 1 aliphatic carbocycles. The average molecular weight is 424 g/mol. The Morgan fingerprint density at radius 3 is 2.23 bits per heavy atom. The predicted molar refractivity (Wildman–Crippen MR) is 117 cm³/mol. The number of carboxylic acids is 1. The molecule has 0 bridgehead atoms. The molecule has 0 aromatic heterocycles. The lowest BCUT2D eigenvalue weighted by molar-refractivity contribution is -0.143. The van der Waals surface area contributed by atoms with Crippen LogP contribution in [0.1, 0.15) is 36.8 Å². The fraction of sp³-hybridized carbons (Fsp3) is 0.375. The van der Waals surface area contributed by atoms with Crippen LogP contribution in [0.25, 0.3) is 11.1 Å². The zero-order valence-corrected chi connectivity index (χ0v) is 17.8. The highest BCUT2D eigenvalue weighted by Crippen LogP contribution is 2.44. The Morgan fingerprint density at radius 2 is 1.65 bits per heavy atom. The van der Waals surface area contributed by atoms with E-state index in [2.05, 4.69) is 29.6 Å². The minimum atomic E-state index is -1.04. The summed E-state index contributed by atoms with van der Waals surface area (Å²) in [4.78, 5) is 36.0. The third-order valence-electron chi connectivity index (χ3n) is 5.57. The lowest BCUT2D eigenvalue weighted by Gasteiger charge is -2.18. The van der Waals surface area contributed by atoms with E-state index < -0.39 is 12.1 Å². The lowest BCUT2D eigenvalue weighted by Crippen LogP contribution is -2.33. The number of aliphatic carboxylic acids is 1. The first-order chi connectivity index (χ1) is 14.9. The minimum Gasteiger partial charge on any atom is -0.480 e. The summed E-state index contributed by atoms with van der Waals surface area (Å²) in [6.07, 6.45) is 0.343. The summed E-state index contributed by atoms with van der Waals surface area (Å²) >= 11 is 0. The third-order valence-corrected chi connectivity index (χ3v) is 5.57. The first-order valence-electron chi connectivity index (χ1n) is 10.4. The largest absolute Gasteiger partial charge is 0.480 e. The van der Waals surface area contributed by atoms with Gasteiger partial charge in [0.05, 0.1) is 0 Å². The Bertz CT molecular complexity index is 913. The lowest BCUT2D eigenvalue weighted by atomic mass is 9.98. The van der Waals surface area contributed by atoms with Crippen molar-refractivity contribution < 1.29 is 24.2 Å². The van der Waals surface area contributed by atoms with Crippen molar-refractivity contribution in [3.63, 3.8) is 0 Å². The van der Waals surface area contributed by atoms with Crippen LogP contribution in [0.15, 0.2) is 48.5 Å². The zero-order valence-electron chi connectivity index (χ0n) is 17.8. The Balaban J connectivity index is 1.44. The predicted octanol–water partition coefficient (Wildman–Crippen LogP) is 3.48. The van der Waals surface area contributed by atoms with Crippen molar-refractivity contribution in [2.24, 2.45) is 5.92 Å². The molecule has 0 fully saturated rings. The van der Waals surface area contributed by atoms with Crippen LogP contribution in [0, 0.1) is 5.92 Å². The van der Waals surface area contributed by atoms with Gasteiger partial charge in [-0.25, -0.2) is 4.79 Å². The van der Waals surface area contributed by atoms with Gasteiger partial charge < -0.3 is 20.1 Å². The molecule has 0 heterocycles. The van der Waals surface area contributed by atoms with Crippen LogP contribution in [-0.4, -0.2) is 54.7 Å². The fourth-order valence-corrected chi connectivity index (χ4v) is 3.92. The number of rotatable bonds is 9. The topological polar surface area (TPSA) is 95.9 Å². The van der Waals surface area contributed by atoms with Crippen molar-refractivity contribution >= 4 is 18.0 Å². The molecule has 3 rings (SSSR count). The number of benzene rings is 2. The molecule has 2 aromatic rings. The maximum atomic E-state index is 12.2. The zero-order chi connectivity index (χ0) is 22.4. The van der Waals surface area contributed by atoms with E-state index >= 15 is 0 Å². The van der Waals surface area contributed by atoms with Gasteiger partial charge in [-0.15, -0.1) is 0 Å². The van der Waals surface area contributed by atoms with Gasteiger partial charge in [0.2, 0.25) is 5.91 Å². The number of hydrogen-bond acceptors (Lipinski definition) is 4. The second-order valence-corrected chi connectivity index (χ2v) is 7.99. The first kappa shape index (κ1) is 22.3. The van der Waals surface area contributed by atoms with Gasteiger partial charge in [-0.2, -0.15) is 0 Å². The third kappa shape index (κ3) is 5.63. The summed E-state index contributed by atoms with van der Waals surface area (Å²) in [6.45, 7) is 2.22. The van der Waals surface area contributed by atoms with Crippen LogP contribution in [0.5, 0.6) is 0 Å². The van der Waals surface area contributed by atoms with Gasteiger partial charge in [-0.1, -0.05) is 55.5 Å². The number of hydrogen-bond donors (Lipinski definition) is 2. The number of nitrogens with one attached hydrogen (secondary N) is 1.